The van der Waals surface area contributed by atoms with Crippen LogP contribution in [0.4, 0.5) is 0 Å². The lowest BCUT2D eigenvalue weighted by Crippen LogP contribution is -2.36. The number of rotatable bonds is 3. The fourth-order valence-corrected chi connectivity index (χ4v) is 0.790. The number of phenols is 2. The average Bonchev–Trinajstić information content (AvgIpc) is 2.32. The van der Waals surface area contributed by atoms with Crippen molar-refractivity contribution in [1.29, 1.82) is 0 Å². The first-order chi connectivity index (χ1) is 8.53. The van der Waals surface area contributed by atoms with Crippen molar-refractivity contribution in [2.45, 2.75) is 12.1 Å². The molecule has 0 saturated carbocycles. The van der Waals surface area contributed by atoms with Gasteiger partial charge in [-0.1, -0.05) is 6.04 Å². The molecule has 6 heteroatoms. The largest absolute Gasteiger partial charge is 0.504 e. The highest BCUT2D eigenvalue weighted by Crippen LogP contribution is 2.28. The van der Waals surface area contributed by atoms with Gasteiger partial charge in [0.05, 0.1) is 5.48 Å². The Kier molecular flexibility index (Phi) is 1.84. The van der Waals surface area contributed by atoms with Crippen LogP contribution in [0.2, 0.25) is 0 Å². The van der Waals surface area contributed by atoms with Gasteiger partial charge in [-0.05, 0) is 17.6 Å². The molecule has 0 aliphatic heterocycles. The molecule has 6 N–H and O–H groups in total. The van der Waals surface area contributed by atoms with Crippen molar-refractivity contribution in [1.82, 2.24) is 0 Å². The maximum absolute atomic E-state index is 10.7. The molecule has 6 nitrogen and oxygen atoms in total. The topological polar surface area (TPSA) is 124 Å². The van der Waals surface area contributed by atoms with Crippen molar-refractivity contribution in [2.24, 2.45) is 5.73 Å². The molecule has 1 rings (SSSR count). The smallest absolute Gasteiger partial charge is 0.323 e. The summed E-state index contributed by atoms with van der Waals surface area (Å²) in [7, 11) is 0. The standard InChI is InChI=1S/C9H11NO5/c10-7(9(14)15)8(13)4-1-2-5(11)6(12)3-4/h1-3,7-8,11-13H,10H2,(H,14,15)/t7-,8+/m1/s1/i1D,2D,3D,8D. The van der Waals surface area contributed by atoms with Gasteiger partial charge < -0.3 is 26.2 Å². The highest BCUT2D eigenvalue weighted by atomic mass is 16.4. The lowest BCUT2D eigenvalue weighted by atomic mass is 10.0. The van der Waals surface area contributed by atoms with Crippen LogP contribution in [0.1, 0.15) is 17.1 Å². The van der Waals surface area contributed by atoms with Crippen molar-refractivity contribution in [3.8, 4) is 11.5 Å². The van der Waals surface area contributed by atoms with Gasteiger partial charge in [0.1, 0.15) is 12.1 Å². The molecule has 0 aliphatic carbocycles. The molecular formula is C9H11NO5. The number of hydrogen-bond donors (Lipinski definition) is 5. The summed E-state index contributed by atoms with van der Waals surface area (Å²) < 4.78 is 29.6. The summed E-state index contributed by atoms with van der Waals surface area (Å²) in [4.78, 5) is 10.7. The Labute approximate surface area is 90.8 Å². The minimum atomic E-state index is -3.11. The molecule has 0 bridgehead atoms. The van der Waals surface area contributed by atoms with E-state index in [-0.39, 0.29) is 0 Å². The second-order valence-electron chi connectivity index (χ2n) is 2.65. The number of aromatic hydroxyl groups is 2. The van der Waals surface area contributed by atoms with Crippen molar-refractivity contribution < 1.29 is 30.7 Å². The van der Waals surface area contributed by atoms with Gasteiger partial charge in [0, 0.05) is 0 Å². The number of hydrogen-bond acceptors (Lipinski definition) is 5. The first kappa shape index (κ1) is 6.65. The van der Waals surface area contributed by atoms with Crippen LogP contribution in [0.15, 0.2) is 18.1 Å². The number of nitrogens with two attached hydrogens (primary N) is 1. The number of carbonyl (C=O) groups is 1. The third kappa shape index (κ3) is 2.36. The van der Waals surface area contributed by atoms with Crippen molar-refractivity contribution in [3.05, 3.63) is 23.7 Å². The monoisotopic (exact) mass is 217 g/mol. The number of carboxylic acids is 1. The van der Waals surface area contributed by atoms with Gasteiger partial charge in [-0.3, -0.25) is 4.79 Å². The second kappa shape index (κ2) is 4.16. The Bertz CT molecular complexity index is 519. The lowest BCUT2D eigenvalue weighted by Gasteiger charge is -2.15. The number of carboxylic acid groups (broad SMARTS) is 1. The van der Waals surface area contributed by atoms with E-state index in [1.807, 2.05) is 0 Å². The molecule has 0 aliphatic rings. The van der Waals surface area contributed by atoms with Gasteiger partial charge >= 0.3 is 5.97 Å². The summed E-state index contributed by atoms with van der Waals surface area (Å²) in [6.45, 7) is 0. The molecule has 0 unspecified atom stereocenters. The van der Waals surface area contributed by atoms with Gasteiger partial charge in [-0.15, -0.1) is 0 Å². The Morgan fingerprint density at radius 1 is 1.47 bits per heavy atom. The van der Waals surface area contributed by atoms with Crippen LogP contribution in [-0.2, 0) is 4.79 Å². The van der Waals surface area contributed by atoms with Crippen molar-refractivity contribution in [3.63, 3.8) is 0 Å². The van der Waals surface area contributed by atoms with Crippen LogP contribution in [-0.4, -0.2) is 32.4 Å². The molecule has 15 heavy (non-hydrogen) atoms. The first-order valence-electron chi connectivity index (χ1n) is 5.76. The second-order valence-corrected chi connectivity index (χ2v) is 2.65. The van der Waals surface area contributed by atoms with Gasteiger partial charge in [0.2, 0.25) is 0 Å². The summed E-state index contributed by atoms with van der Waals surface area (Å²) in [5, 5.41) is 37.0. The Morgan fingerprint density at radius 2 is 2.07 bits per heavy atom. The number of aliphatic carboxylic acids is 1. The summed E-state index contributed by atoms with van der Waals surface area (Å²) >= 11 is 0. The zero-order valence-electron chi connectivity index (χ0n) is 11.4. The van der Waals surface area contributed by atoms with Crippen LogP contribution in [0, 0.1) is 0 Å². The van der Waals surface area contributed by atoms with E-state index in [0.717, 1.165) is 0 Å². The molecule has 0 heterocycles. The Hall–Kier alpha value is -1.79. The average molecular weight is 217 g/mol. The predicted octanol–water partition coefficient (Wildman–Crippen LogP) is -0.457. The normalized spacial score (nSPS) is 20.4. The van der Waals surface area contributed by atoms with E-state index in [0.29, 0.717) is 0 Å². The van der Waals surface area contributed by atoms with Crippen LogP contribution >= 0.6 is 0 Å². The van der Waals surface area contributed by atoms with Gasteiger partial charge in [0.25, 0.3) is 0 Å². The quantitative estimate of drug-likeness (QED) is 0.436. The van der Waals surface area contributed by atoms with Crippen LogP contribution in [0.5, 0.6) is 11.5 Å². The molecule has 0 saturated heterocycles. The Morgan fingerprint density at radius 3 is 2.60 bits per heavy atom. The van der Waals surface area contributed by atoms with Crippen molar-refractivity contribution in [2.75, 3.05) is 0 Å². The van der Waals surface area contributed by atoms with Gasteiger partial charge in [-0.25, -0.2) is 0 Å². The fraction of sp³-hybridized carbons (Fsp3) is 0.222. The van der Waals surface area contributed by atoms with Crippen LogP contribution in [0.3, 0.4) is 0 Å². The van der Waals surface area contributed by atoms with E-state index in [1.165, 1.54) is 0 Å². The molecule has 1 aromatic carbocycles. The molecule has 0 fully saturated rings. The van der Waals surface area contributed by atoms with Gasteiger partial charge in [0.15, 0.2) is 11.5 Å². The summed E-state index contributed by atoms with van der Waals surface area (Å²) in [6, 6.07) is -5.15. The molecule has 82 valence electrons. The lowest BCUT2D eigenvalue weighted by molar-refractivity contribution is -0.141. The van der Waals surface area contributed by atoms with E-state index in [1.54, 1.807) is 0 Å². The van der Waals surface area contributed by atoms with Crippen LogP contribution < -0.4 is 5.73 Å². The SMILES string of the molecule is [2H]c1c([2H])c([C@]([2H])(O)[C@@H](N)C(=O)O)c([2H])c(O)c1O. The van der Waals surface area contributed by atoms with Gasteiger partial charge in [-0.2, -0.15) is 0 Å². The molecule has 0 radical (unpaired) electrons. The van der Waals surface area contributed by atoms with E-state index in [4.69, 9.17) is 16.3 Å². The zero-order chi connectivity index (χ0) is 15.1. The number of phenolic OH excluding ortho intramolecular Hbond substituents is 2. The third-order valence-electron chi connectivity index (χ3n) is 1.59. The van der Waals surface area contributed by atoms with Crippen LogP contribution in [0.25, 0.3) is 0 Å². The van der Waals surface area contributed by atoms with E-state index in [2.05, 4.69) is 0 Å². The maximum atomic E-state index is 10.7. The molecule has 2 atom stereocenters. The molecule has 0 spiro atoms. The molecular weight excluding hydrogens is 202 g/mol. The van der Waals surface area contributed by atoms with E-state index >= 15 is 0 Å². The zero-order valence-corrected chi connectivity index (χ0v) is 7.35. The molecule has 0 aromatic heterocycles. The first-order valence-corrected chi connectivity index (χ1v) is 3.76. The predicted molar refractivity (Wildman–Crippen MR) is 50.3 cm³/mol. The third-order valence-corrected chi connectivity index (χ3v) is 1.59. The fourth-order valence-electron chi connectivity index (χ4n) is 0.790. The van der Waals surface area contributed by atoms with E-state index < -0.39 is 53.3 Å². The minimum absolute atomic E-state index is 0.952. The highest BCUT2D eigenvalue weighted by molar-refractivity contribution is 5.74. The highest BCUT2D eigenvalue weighted by Gasteiger charge is 2.24. The number of aliphatic hydroxyl groups is 1. The summed E-state index contributed by atoms with van der Waals surface area (Å²) in [5.74, 6) is -3.98. The summed E-state index contributed by atoms with van der Waals surface area (Å²) in [6.07, 6.45) is -3.11. The maximum Gasteiger partial charge on any atom is 0.323 e. The van der Waals surface area contributed by atoms with Crippen molar-refractivity contribution >= 4 is 5.97 Å². The minimum Gasteiger partial charge on any atom is -0.504 e. The Balaban J connectivity index is 3.64. The summed E-state index contributed by atoms with van der Waals surface area (Å²) in [5.41, 5.74) is 4.12. The number of benzene rings is 1. The molecule has 0 amide bonds. The molecule has 1 aromatic rings. The van der Waals surface area contributed by atoms with E-state index in [9.17, 15) is 20.1 Å².